The van der Waals surface area contributed by atoms with Gasteiger partial charge in [-0.2, -0.15) is 0 Å². The van der Waals surface area contributed by atoms with Gasteiger partial charge in [-0.1, -0.05) is 13.8 Å². The summed E-state index contributed by atoms with van der Waals surface area (Å²) in [5.74, 6) is 0.202. The van der Waals surface area contributed by atoms with Gasteiger partial charge >= 0.3 is 0 Å². The number of rotatable bonds is 4. The molecule has 100 valence electrons. The molecular formula is C13H27N3O. The number of likely N-dealkylation sites (tertiary alicyclic amines) is 1. The number of hydrogen-bond acceptors (Lipinski definition) is 3. The van der Waals surface area contributed by atoms with Gasteiger partial charge in [0.25, 0.3) is 0 Å². The molecule has 1 aliphatic heterocycles. The third kappa shape index (κ3) is 4.28. The van der Waals surface area contributed by atoms with Gasteiger partial charge in [-0.15, -0.1) is 0 Å². The van der Waals surface area contributed by atoms with Crippen LogP contribution < -0.4 is 5.73 Å². The molecule has 0 saturated carbocycles. The van der Waals surface area contributed by atoms with Crippen molar-refractivity contribution in [3.05, 3.63) is 0 Å². The summed E-state index contributed by atoms with van der Waals surface area (Å²) in [5, 5.41) is 0. The van der Waals surface area contributed by atoms with E-state index in [1.54, 1.807) is 6.92 Å². The molecule has 0 aliphatic carbocycles. The van der Waals surface area contributed by atoms with Gasteiger partial charge in [-0.25, -0.2) is 0 Å². The first-order valence-electron chi connectivity index (χ1n) is 6.51. The van der Waals surface area contributed by atoms with E-state index >= 15 is 0 Å². The lowest BCUT2D eigenvalue weighted by atomic mass is 9.91. The van der Waals surface area contributed by atoms with Gasteiger partial charge in [0.2, 0.25) is 5.91 Å². The van der Waals surface area contributed by atoms with Gasteiger partial charge in [-0.05, 0) is 31.8 Å². The summed E-state index contributed by atoms with van der Waals surface area (Å²) in [5.41, 5.74) is 5.94. The molecule has 0 spiro atoms. The van der Waals surface area contributed by atoms with E-state index in [9.17, 15) is 4.79 Å². The summed E-state index contributed by atoms with van der Waals surface area (Å²) in [6, 6.07) is 0.594. The Morgan fingerprint density at radius 1 is 1.41 bits per heavy atom. The van der Waals surface area contributed by atoms with Crippen LogP contribution in [0.25, 0.3) is 0 Å². The molecule has 0 aromatic heterocycles. The maximum Gasteiger partial charge on any atom is 0.219 e. The Kier molecular flexibility index (Phi) is 4.95. The van der Waals surface area contributed by atoms with Gasteiger partial charge in [0.15, 0.2) is 0 Å². The fraction of sp³-hybridized carbons (Fsp3) is 0.923. The minimum Gasteiger partial charge on any atom is -0.343 e. The number of hydrogen-bond donors (Lipinski definition) is 1. The Balaban J connectivity index is 2.41. The van der Waals surface area contributed by atoms with E-state index in [1.807, 2.05) is 4.90 Å². The highest BCUT2D eigenvalue weighted by atomic mass is 16.2. The Labute approximate surface area is 105 Å². The maximum atomic E-state index is 11.2. The van der Waals surface area contributed by atoms with Crippen molar-refractivity contribution in [3.63, 3.8) is 0 Å². The zero-order valence-electron chi connectivity index (χ0n) is 11.7. The van der Waals surface area contributed by atoms with Gasteiger partial charge in [0.1, 0.15) is 0 Å². The van der Waals surface area contributed by atoms with Crippen LogP contribution in [0, 0.1) is 5.41 Å². The summed E-state index contributed by atoms with van der Waals surface area (Å²) in [7, 11) is 2.17. The van der Waals surface area contributed by atoms with Crippen molar-refractivity contribution in [2.75, 3.05) is 33.2 Å². The molecule has 1 heterocycles. The van der Waals surface area contributed by atoms with Crippen LogP contribution in [-0.4, -0.2) is 55.0 Å². The van der Waals surface area contributed by atoms with Gasteiger partial charge in [-0.3, -0.25) is 4.79 Å². The third-order valence-corrected chi connectivity index (χ3v) is 3.76. The average Bonchev–Trinajstić information content (AvgIpc) is 2.28. The van der Waals surface area contributed by atoms with Crippen LogP contribution in [0.4, 0.5) is 0 Å². The Morgan fingerprint density at radius 2 is 1.94 bits per heavy atom. The predicted molar refractivity (Wildman–Crippen MR) is 70.7 cm³/mol. The van der Waals surface area contributed by atoms with Crippen LogP contribution in [0.1, 0.15) is 33.6 Å². The zero-order chi connectivity index (χ0) is 13.1. The van der Waals surface area contributed by atoms with Crippen molar-refractivity contribution in [2.24, 2.45) is 11.1 Å². The molecule has 4 heteroatoms. The number of nitrogens with two attached hydrogens (primary N) is 1. The Bertz CT molecular complexity index is 257. The van der Waals surface area contributed by atoms with Gasteiger partial charge in [0.05, 0.1) is 0 Å². The van der Waals surface area contributed by atoms with E-state index in [1.165, 1.54) is 0 Å². The first-order chi connectivity index (χ1) is 7.85. The Hall–Kier alpha value is -0.610. The molecule has 2 N–H and O–H groups in total. The molecule has 0 aromatic carbocycles. The first kappa shape index (κ1) is 14.5. The third-order valence-electron chi connectivity index (χ3n) is 3.76. The van der Waals surface area contributed by atoms with Crippen molar-refractivity contribution < 1.29 is 4.79 Å². The van der Waals surface area contributed by atoms with Crippen LogP contribution in [0.5, 0.6) is 0 Å². The first-order valence-corrected chi connectivity index (χ1v) is 6.51. The highest BCUT2D eigenvalue weighted by Crippen LogP contribution is 2.20. The standard InChI is InChI=1S/C13H27N3O/c1-11(17)16-7-5-12(6-8-16)15(4)10-13(2,3)9-14/h12H,5-10,14H2,1-4H3. The van der Waals surface area contributed by atoms with E-state index in [0.29, 0.717) is 12.6 Å². The molecule has 1 fully saturated rings. The second-order valence-electron chi connectivity index (χ2n) is 6.02. The maximum absolute atomic E-state index is 11.2. The average molecular weight is 241 g/mol. The van der Waals surface area contributed by atoms with E-state index < -0.39 is 0 Å². The van der Waals surface area contributed by atoms with E-state index in [0.717, 1.165) is 32.5 Å². The van der Waals surface area contributed by atoms with Crippen LogP contribution in [0.15, 0.2) is 0 Å². The number of carbonyl (C=O) groups excluding carboxylic acids is 1. The number of carbonyl (C=O) groups is 1. The molecule has 1 amide bonds. The minimum absolute atomic E-state index is 0.173. The summed E-state index contributed by atoms with van der Waals surface area (Å²) in [6.45, 7) is 9.59. The van der Waals surface area contributed by atoms with Crippen LogP contribution in [-0.2, 0) is 4.79 Å². The lowest BCUT2D eigenvalue weighted by Gasteiger charge is -2.39. The quantitative estimate of drug-likeness (QED) is 0.796. The minimum atomic E-state index is 0.173. The highest BCUT2D eigenvalue weighted by molar-refractivity contribution is 5.73. The molecule has 17 heavy (non-hydrogen) atoms. The van der Waals surface area contributed by atoms with E-state index in [4.69, 9.17) is 5.73 Å². The Morgan fingerprint density at radius 3 is 2.35 bits per heavy atom. The normalized spacial score (nSPS) is 18.8. The van der Waals surface area contributed by atoms with E-state index in [-0.39, 0.29) is 11.3 Å². The smallest absolute Gasteiger partial charge is 0.219 e. The number of piperidine rings is 1. The van der Waals surface area contributed by atoms with Gasteiger partial charge in [0, 0.05) is 32.6 Å². The van der Waals surface area contributed by atoms with Crippen molar-refractivity contribution in [1.29, 1.82) is 0 Å². The van der Waals surface area contributed by atoms with Crippen LogP contribution in [0.2, 0.25) is 0 Å². The molecule has 0 radical (unpaired) electrons. The highest BCUT2D eigenvalue weighted by Gasteiger charge is 2.27. The van der Waals surface area contributed by atoms with Crippen molar-refractivity contribution in [2.45, 2.75) is 39.7 Å². The molecule has 0 unspecified atom stereocenters. The zero-order valence-corrected chi connectivity index (χ0v) is 11.7. The molecule has 1 aliphatic rings. The summed E-state index contributed by atoms with van der Waals surface area (Å²) in [6.07, 6.45) is 2.16. The molecule has 4 nitrogen and oxygen atoms in total. The van der Waals surface area contributed by atoms with Crippen molar-refractivity contribution in [1.82, 2.24) is 9.80 Å². The predicted octanol–water partition coefficient (Wildman–Crippen LogP) is 0.914. The van der Waals surface area contributed by atoms with Gasteiger partial charge < -0.3 is 15.5 Å². The molecule has 0 aromatic rings. The molecule has 0 bridgehead atoms. The van der Waals surface area contributed by atoms with E-state index in [2.05, 4.69) is 25.8 Å². The number of amides is 1. The fourth-order valence-electron chi connectivity index (χ4n) is 2.49. The topological polar surface area (TPSA) is 49.6 Å². The molecule has 1 saturated heterocycles. The monoisotopic (exact) mass is 241 g/mol. The molecular weight excluding hydrogens is 214 g/mol. The summed E-state index contributed by atoms with van der Waals surface area (Å²) >= 11 is 0. The lowest BCUT2D eigenvalue weighted by molar-refractivity contribution is -0.130. The summed E-state index contributed by atoms with van der Waals surface area (Å²) in [4.78, 5) is 15.6. The second-order valence-corrected chi connectivity index (χ2v) is 6.02. The second kappa shape index (κ2) is 5.83. The van der Waals surface area contributed by atoms with Crippen molar-refractivity contribution >= 4 is 5.91 Å². The SMILES string of the molecule is CC(=O)N1CCC(N(C)CC(C)(C)CN)CC1. The lowest BCUT2D eigenvalue weighted by Crippen LogP contribution is -2.48. The van der Waals surface area contributed by atoms with Crippen molar-refractivity contribution in [3.8, 4) is 0 Å². The fourth-order valence-corrected chi connectivity index (χ4v) is 2.49. The summed E-state index contributed by atoms with van der Waals surface area (Å²) < 4.78 is 0. The largest absolute Gasteiger partial charge is 0.343 e. The molecule has 1 rings (SSSR count). The molecule has 0 atom stereocenters. The van der Waals surface area contributed by atoms with Crippen LogP contribution in [0.3, 0.4) is 0 Å². The van der Waals surface area contributed by atoms with Crippen LogP contribution >= 0.6 is 0 Å². The number of nitrogens with zero attached hydrogens (tertiary/aromatic N) is 2.